The monoisotopic (exact) mass is 420 g/mol. The minimum atomic E-state index is -0.443. The van der Waals surface area contributed by atoms with Gasteiger partial charge in [0.05, 0.1) is 5.57 Å². The van der Waals surface area contributed by atoms with Crippen LogP contribution in [0.5, 0.6) is 11.5 Å². The van der Waals surface area contributed by atoms with Gasteiger partial charge in [-0.3, -0.25) is 20.4 Å². The van der Waals surface area contributed by atoms with Crippen LogP contribution in [0.15, 0.2) is 60.0 Å². The molecule has 30 heavy (non-hydrogen) atoms. The third-order valence-corrected chi connectivity index (χ3v) is 5.38. The Labute approximate surface area is 178 Å². The molecular weight excluding hydrogens is 400 g/mol. The van der Waals surface area contributed by atoms with Gasteiger partial charge in [0.2, 0.25) is 0 Å². The molecule has 1 aliphatic rings. The average molecular weight is 420 g/mol. The summed E-state index contributed by atoms with van der Waals surface area (Å²) in [5.41, 5.74) is 7.83. The molecule has 0 atom stereocenters. The van der Waals surface area contributed by atoms with Crippen molar-refractivity contribution in [2.75, 3.05) is 13.2 Å². The second-order valence-electron chi connectivity index (χ2n) is 6.72. The van der Waals surface area contributed by atoms with Crippen molar-refractivity contribution in [3.63, 3.8) is 0 Å². The molecule has 2 N–H and O–H groups in total. The number of ether oxygens (including phenoxy) is 2. The summed E-state index contributed by atoms with van der Waals surface area (Å²) in [7, 11) is 0. The summed E-state index contributed by atoms with van der Waals surface area (Å²) in [4.78, 5) is 26.2. The quantitative estimate of drug-likeness (QED) is 0.497. The van der Waals surface area contributed by atoms with E-state index in [9.17, 15) is 9.59 Å². The van der Waals surface area contributed by atoms with Gasteiger partial charge < -0.3 is 9.47 Å². The van der Waals surface area contributed by atoms with Gasteiger partial charge in [-0.2, -0.15) is 0 Å². The highest BCUT2D eigenvalue weighted by Gasteiger charge is 2.17. The third kappa shape index (κ3) is 4.52. The highest BCUT2D eigenvalue weighted by molar-refractivity contribution is 7.11. The van der Waals surface area contributed by atoms with E-state index in [0.29, 0.717) is 35.8 Å². The molecule has 2 heterocycles. The first-order chi connectivity index (χ1) is 14.6. The molecule has 0 unspecified atom stereocenters. The molecule has 2 aromatic carbocycles. The maximum Gasteiger partial charge on any atom is 0.271 e. The van der Waals surface area contributed by atoms with Crippen molar-refractivity contribution in [1.82, 2.24) is 10.9 Å². The number of hydrogen-bond donors (Lipinski definition) is 2. The maximum absolute atomic E-state index is 12.9. The van der Waals surface area contributed by atoms with Gasteiger partial charge in [-0.1, -0.05) is 35.9 Å². The fraction of sp³-hybridized carbons (Fsp3) is 0.130. The Morgan fingerprint density at radius 1 is 0.967 bits per heavy atom. The summed E-state index contributed by atoms with van der Waals surface area (Å²) < 4.78 is 11.0. The molecule has 1 aliphatic heterocycles. The van der Waals surface area contributed by atoms with Gasteiger partial charge in [-0.25, -0.2) is 0 Å². The number of aryl methyl sites for hydroxylation is 1. The zero-order valence-electron chi connectivity index (χ0n) is 16.3. The van der Waals surface area contributed by atoms with Crippen molar-refractivity contribution in [3.8, 4) is 11.5 Å². The zero-order valence-corrected chi connectivity index (χ0v) is 17.1. The van der Waals surface area contributed by atoms with E-state index in [1.165, 1.54) is 11.3 Å². The SMILES string of the molecule is Cc1cccc(/C=C(/C(=O)NNC(=O)c2ccc3c(c2)OCCO3)c2cccs2)c1. The highest BCUT2D eigenvalue weighted by Crippen LogP contribution is 2.30. The summed E-state index contributed by atoms with van der Waals surface area (Å²) >= 11 is 1.46. The molecule has 152 valence electrons. The van der Waals surface area contributed by atoms with Gasteiger partial charge in [0.25, 0.3) is 11.8 Å². The van der Waals surface area contributed by atoms with Crippen molar-refractivity contribution in [2.45, 2.75) is 6.92 Å². The number of hydrazine groups is 1. The number of amides is 2. The standard InChI is InChI=1S/C23H20N2O4S/c1-15-4-2-5-16(12-15)13-18(21-6-3-11-30-21)23(27)25-24-22(26)17-7-8-19-20(14-17)29-10-9-28-19/h2-8,11-14H,9-10H2,1H3,(H,24,26)(H,25,27)/b18-13+. The van der Waals surface area contributed by atoms with Gasteiger partial charge in [-0.05, 0) is 48.2 Å². The fourth-order valence-electron chi connectivity index (χ4n) is 3.04. The second kappa shape index (κ2) is 8.84. The summed E-state index contributed by atoms with van der Waals surface area (Å²) in [6.07, 6.45) is 1.81. The van der Waals surface area contributed by atoms with Crippen LogP contribution in [0.1, 0.15) is 26.4 Å². The van der Waals surface area contributed by atoms with E-state index in [4.69, 9.17) is 9.47 Å². The molecule has 0 saturated carbocycles. The van der Waals surface area contributed by atoms with Crippen molar-refractivity contribution in [2.24, 2.45) is 0 Å². The largest absolute Gasteiger partial charge is 0.486 e. The minimum absolute atomic E-state index is 0.361. The first-order valence-corrected chi connectivity index (χ1v) is 10.3. The Morgan fingerprint density at radius 2 is 1.80 bits per heavy atom. The van der Waals surface area contributed by atoms with Gasteiger partial charge in [0, 0.05) is 10.4 Å². The number of hydrogen-bond acceptors (Lipinski definition) is 5. The van der Waals surface area contributed by atoms with E-state index in [1.807, 2.05) is 54.8 Å². The average Bonchev–Trinajstić information content (AvgIpc) is 3.30. The molecule has 0 spiro atoms. The van der Waals surface area contributed by atoms with E-state index in [-0.39, 0.29) is 0 Å². The summed E-state index contributed by atoms with van der Waals surface area (Å²) in [5.74, 6) is 0.271. The van der Waals surface area contributed by atoms with Gasteiger partial charge >= 0.3 is 0 Å². The molecule has 3 aromatic rings. The number of fused-ring (bicyclic) bond motifs is 1. The number of carbonyl (C=O) groups is 2. The number of rotatable bonds is 4. The summed E-state index contributed by atoms with van der Waals surface area (Å²) in [6.45, 7) is 2.91. The van der Waals surface area contributed by atoms with Crippen LogP contribution in [0.2, 0.25) is 0 Å². The zero-order chi connectivity index (χ0) is 20.9. The molecule has 0 saturated heterocycles. The maximum atomic E-state index is 12.9. The minimum Gasteiger partial charge on any atom is -0.486 e. The van der Waals surface area contributed by atoms with Crippen LogP contribution >= 0.6 is 11.3 Å². The van der Waals surface area contributed by atoms with Crippen molar-refractivity contribution >= 4 is 34.8 Å². The van der Waals surface area contributed by atoms with Crippen LogP contribution in [0.25, 0.3) is 11.6 Å². The van der Waals surface area contributed by atoms with Crippen LogP contribution < -0.4 is 20.3 Å². The molecule has 0 aliphatic carbocycles. The highest BCUT2D eigenvalue weighted by atomic mass is 32.1. The summed E-state index contributed by atoms with van der Waals surface area (Å²) in [6, 6.07) is 16.5. The van der Waals surface area contributed by atoms with Crippen LogP contribution in [-0.2, 0) is 4.79 Å². The smallest absolute Gasteiger partial charge is 0.271 e. The van der Waals surface area contributed by atoms with E-state index in [0.717, 1.165) is 16.0 Å². The Bertz CT molecular complexity index is 1110. The molecule has 0 radical (unpaired) electrons. The topological polar surface area (TPSA) is 76.7 Å². The lowest BCUT2D eigenvalue weighted by atomic mass is 10.1. The molecule has 7 heteroatoms. The number of carbonyl (C=O) groups excluding carboxylic acids is 2. The molecule has 6 nitrogen and oxygen atoms in total. The van der Waals surface area contributed by atoms with Crippen LogP contribution in [0, 0.1) is 6.92 Å². The lowest BCUT2D eigenvalue weighted by molar-refractivity contribution is -0.116. The molecule has 2 amide bonds. The third-order valence-electron chi connectivity index (χ3n) is 4.48. The Morgan fingerprint density at radius 3 is 2.57 bits per heavy atom. The van der Waals surface area contributed by atoms with Crippen molar-refractivity contribution in [1.29, 1.82) is 0 Å². The normalized spacial score (nSPS) is 12.9. The summed E-state index contributed by atoms with van der Waals surface area (Å²) in [5, 5.41) is 1.90. The Kier molecular flexibility index (Phi) is 5.81. The number of thiophene rings is 1. The van der Waals surface area contributed by atoms with E-state index < -0.39 is 11.8 Å². The molecule has 0 bridgehead atoms. The van der Waals surface area contributed by atoms with Crippen molar-refractivity contribution in [3.05, 3.63) is 81.5 Å². The first kappa shape index (κ1) is 19.7. The van der Waals surface area contributed by atoms with E-state index in [2.05, 4.69) is 10.9 Å². The number of nitrogens with one attached hydrogen (secondary N) is 2. The number of benzene rings is 2. The van der Waals surface area contributed by atoms with Gasteiger partial charge in [0.15, 0.2) is 11.5 Å². The Hall–Kier alpha value is -3.58. The van der Waals surface area contributed by atoms with E-state index >= 15 is 0 Å². The van der Waals surface area contributed by atoms with Crippen LogP contribution in [-0.4, -0.2) is 25.0 Å². The predicted octanol–water partition coefficient (Wildman–Crippen LogP) is 3.83. The Balaban J connectivity index is 1.50. The lowest BCUT2D eigenvalue weighted by Gasteiger charge is -2.18. The molecule has 0 fully saturated rings. The molecule has 4 rings (SSSR count). The predicted molar refractivity (Wildman–Crippen MR) is 116 cm³/mol. The molecular formula is C23H20N2O4S. The first-order valence-electron chi connectivity index (χ1n) is 9.43. The fourth-order valence-corrected chi connectivity index (χ4v) is 3.78. The second-order valence-corrected chi connectivity index (χ2v) is 7.66. The van der Waals surface area contributed by atoms with Gasteiger partial charge in [-0.15, -0.1) is 11.3 Å². The van der Waals surface area contributed by atoms with E-state index in [1.54, 1.807) is 18.2 Å². The van der Waals surface area contributed by atoms with Crippen molar-refractivity contribution < 1.29 is 19.1 Å². The van der Waals surface area contributed by atoms with Gasteiger partial charge in [0.1, 0.15) is 13.2 Å². The molecule has 1 aromatic heterocycles. The van der Waals surface area contributed by atoms with Crippen LogP contribution in [0.3, 0.4) is 0 Å². The van der Waals surface area contributed by atoms with Crippen LogP contribution in [0.4, 0.5) is 0 Å². The lowest BCUT2D eigenvalue weighted by Crippen LogP contribution is -2.42.